The molecule has 0 saturated carbocycles. The van der Waals surface area contributed by atoms with E-state index in [9.17, 15) is 67.1 Å². The summed E-state index contributed by atoms with van der Waals surface area (Å²) in [4.78, 5) is 216. The van der Waals surface area contributed by atoms with Gasteiger partial charge in [-0.3, -0.25) is 71.9 Å². The SMILES string of the molecule is CC(=O)N[C@H]1[C@@H](OC[C@H](NC(=O)OCC2c3ccccc3-c3ccccc32)C(=O)N[C@@H](CO[C@H]2O[C@H](COC(C)=O)[C@H](OC(C)=O)[C@H](OC(C)=O)[C@H]2NC(C)=O)C(=O)N[C@@H](CO[C@H]2O[C@H](COC(C)=O)[C@H](OC(C)=O)[C@H](OC(C)=O)[C@H]2NC(C)=O)C(=O)NCCCN=[N+]=[N-])O[C@H](COC(C)=O)[C@H](OC(C)=O)[C@@H]1OC(C)=O. The van der Waals surface area contributed by atoms with Gasteiger partial charge in [0.05, 0.1) is 19.8 Å². The normalized spacial score (nSPS) is 24.4. The third-order valence-corrected chi connectivity index (χ3v) is 16.5. The lowest BCUT2D eigenvalue weighted by molar-refractivity contribution is -0.279. The van der Waals surface area contributed by atoms with Crippen LogP contribution in [0.3, 0.4) is 0 Å². The number of benzene rings is 2. The van der Waals surface area contributed by atoms with Crippen LogP contribution in [-0.2, 0) is 148 Å². The van der Waals surface area contributed by atoms with Gasteiger partial charge in [-0.15, -0.1) is 0 Å². The highest BCUT2D eigenvalue weighted by Crippen LogP contribution is 2.45. The monoisotopic (exact) mass is 1570 g/mol. The van der Waals surface area contributed by atoms with Crippen LogP contribution in [0.15, 0.2) is 53.6 Å². The van der Waals surface area contributed by atoms with Crippen molar-refractivity contribution in [3.05, 3.63) is 70.1 Å². The predicted molar refractivity (Wildman–Crippen MR) is 367 cm³/mol. The molecule has 0 aromatic heterocycles. The number of hydrogen-bond donors (Lipinski definition) is 7. The van der Waals surface area contributed by atoms with Gasteiger partial charge in [-0.1, -0.05) is 53.6 Å². The van der Waals surface area contributed by atoms with Crippen LogP contribution in [0.2, 0.25) is 0 Å². The molecule has 0 unspecified atom stereocenters. The third kappa shape index (κ3) is 27.1. The number of alkyl carbamates (subject to hydrolysis) is 1. The molecule has 7 amide bonds. The summed E-state index contributed by atoms with van der Waals surface area (Å²) in [6, 6.07) is 2.90. The average Bonchev–Trinajstić information content (AvgIpc) is 1.68. The fourth-order valence-corrected chi connectivity index (χ4v) is 12.3. The van der Waals surface area contributed by atoms with E-state index in [4.69, 9.17) is 81.3 Å². The van der Waals surface area contributed by atoms with E-state index in [0.29, 0.717) is 0 Å². The second-order valence-electron chi connectivity index (χ2n) is 25.4. The molecule has 1 aliphatic carbocycles. The lowest BCUT2D eigenvalue weighted by atomic mass is 9.96. The molecule has 42 heteroatoms. The van der Waals surface area contributed by atoms with Crippen molar-refractivity contribution in [3.63, 3.8) is 0 Å². The zero-order chi connectivity index (χ0) is 81.9. The fourth-order valence-electron chi connectivity index (χ4n) is 12.3. The standard InChI is InChI=1S/C69H90N10O32/c1-31(80)73-54-60(106-40(10)89)57(103-37(7)86)51(28-96-34(4)83)109-66(54)99-25-48(63(92)71-22-17-23-72-79-70)76-64(93)49(26-100-67-55(74-32(2)81)61(107-41(11)90)58(104-38(8)87)52(110-67)29-97-35(5)84)77-65(94)50(78-69(95)102-24-47-45-20-15-13-18-43(45)44-19-14-16-21-46(44)47)27-101-68-56(75-33(3)82)62(108-42(12)91)59(105-39(9)88)53(111-68)30-98-36(6)85/h13-16,18-21,47-62,66-68H,17,22-30H2,1-12H3,(H,71,92)(H,73,80)(H,74,81)(H,75,82)(H,76,93)(H,77,94)(H,78,95)/t48-,49-,50-,51+,52+,53+,54+,55+,56+,57-,58-,59-,60+,61+,62+,66-,67-,68-/m0/s1. The highest BCUT2D eigenvalue weighted by molar-refractivity contribution is 5.94. The van der Waals surface area contributed by atoms with E-state index in [1.54, 1.807) is 12.1 Å². The zero-order valence-corrected chi connectivity index (χ0v) is 62.6. The summed E-state index contributed by atoms with van der Waals surface area (Å²) in [7, 11) is 0. The number of carbonyl (C=O) groups excluding carboxylic acids is 16. The third-order valence-electron chi connectivity index (χ3n) is 16.5. The van der Waals surface area contributed by atoms with Crippen molar-refractivity contribution in [3.8, 4) is 11.1 Å². The molecule has 18 atom stereocenters. The van der Waals surface area contributed by atoms with Crippen LogP contribution < -0.4 is 37.2 Å². The number of carbonyl (C=O) groups is 16. The first-order chi connectivity index (χ1) is 52.5. The Kier molecular flexibility index (Phi) is 34.1. The molecule has 0 bridgehead atoms. The summed E-state index contributed by atoms with van der Waals surface area (Å²) in [5.74, 6) is -15.7. The molecular formula is C69H90N10O32. The molecule has 3 fully saturated rings. The van der Waals surface area contributed by atoms with E-state index < -0.39 is 251 Å². The molecule has 111 heavy (non-hydrogen) atoms. The van der Waals surface area contributed by atoms with Crippen molar-refractivity contribution < 1.29 is 153 Å². The minimum absolute atomic E-state index is 0.0246. The highest BCUT2D eigenvalue weighted by atomic mass is 16.7. The predicted octanol–water partition coefficient (Wildman–Crippen LogP) is -1.30. The molecule has 3 saturated heterocycles. The first-order valence-electron chi connectivity index (χ1n) is 34.6. The van der Waals surface area contributed by atoms with Gasteiger partial charge in [-0.05, 0) is 34.2 Å². The molecule has 6 rings (SSSR count). The summed E-state index contributed by atoms with van der Waals surface area (Å²) < 4.78 is 92.2. The minimum atomic E-state index is -2.29. The molecule has 2 aromatic carbocycles. The first-order valence-corrected chi connectivity index (χ1v) is 34.6. The average molecular weight is 1570 g/mol. The molecule has 42 nitrogen and oxygen atoms in total. The van der Waals surface area contributed by atoms with Gasteiger partial charge < -0.3 is 113 Å². The molecule has 608 valence electrons. The minimum Gasteiger partial charge on any atom is -0.463 e. The first kappa shape index (κ1) is 88.7. The van der Waals surface area contributed by atoms with Crippen LogP contribution in [0.1, 0.15) is 107 Å². The molecule has 0 radical (unpaired) electrons. The summed E-state index contributed by atoms with van der Waals surface area (Å²) in [5.41, 5.74) is 12.1. The molecule has 3 heterocycles. The second kappa shape index (κ2) is 42.7. The number of nitrogens with one attached hydrogen (secondary N) is 7. The van der Waals surface area contributed by atoms with Crippen molar-refractivity contribution in [1.29, 1.82) is 0 Å². The Labute approximate surface area is 634 Å². The van der Waals surface area contributed by atoms with Crippen LogP contribution in [-0.4, -0.2) is 265 Å². The Morgan fingerprint density at radius 1 is 0.405 bits per heavy atom. The Morgan fingerprint density at radius 2 is 0.721 bits per heavy atom. The van der Waals surface area contributed by atoms with Crippen molar-refractivity contribution >= 4 is 95.3 Å². The topological polar surface area (TPSA) is 554 Å². The molecule has 2 aromatic rings. The van der Waals surface area contributed by atoms with Crippen molar-refractivity contribution in [2.24, 2.45) is 5.11 Å². The van der Waals surface area contributed by atoms with E-state index in [1.807, 2.05) is 36.4 Å². The number of hydrogen-bond acceptors (Lipinski definition) is 33. The number of rotatable bonds is 36. The number of fused-ring (bicyclic) bond motifs is 3. The number of amides is 7. The Bertz CT molecular complexity index is 3740. The maximum Gasteiger partial charge on any atom is 0.407 e. The van der Waals surface area contributed by atoms with Gasteiger partial charge in [-0.25, -0.2) is 4.79 Å². The lowest BCUT2D eigenvalue weighted by Gasteiger charge is -2.45. The lowest BCUT2D eigenvalue weighted by Crippen LogP contribution is -2.67. The van der Waals surface area contributed by atoms with Gasteiger partial charge in [0.25, 0.3) is 0 Å². The highest BCUT2D eigenvalue weighted by Gasteiger charge is 2.55. The van der Waals surface area contributed by atoms with Gasteiger partial charge in [0.15, 0.2) is 55.5 Å². The smallest absolute Gasteiger partial charge is 0.407 e. The number of ether oxygens (including phenoxy) is 16. The maximum absolute atomic E-state index is 15.6. The van der Waals surface area contributed by atoms with Gasteiger partial charge in [0, 0.05) is 107 Å². The summed E-state index contributed by atoms with van der Waals surface area (Å²) >= 11 is 0. The zero-order valence-electron chi connectivity index (χ0n) is 62.6. The quantitative estimate of drug-likeness (QED) is 0.0104. The van der Waals surface area contributed by atoms with Gasteiger partial charge >= 0.3 is 59.8 Å². The van der Waals surface area contributed by atoms with Gasteiger partial charge in [-0.2, -0.15) is 0 Å². The number of nitrogens with zero attached hydrogens (tertiary/aromatic N) is 3. The second-order valence-corrected chi connectivity index (χ2v) is 25.4. The van der Waals surface area contributed by atoms with E-state index in [-0.39, 0.29) is 26.1 Å². The Hall–Kier alpha value is -11.2. The fraction of sp³-hybridized carbons (Fsp3) is 0.594. The van der Waals surface area contributed by atoms with E-state index in [0.717, 1.165) is 105 Å². The molecule has 7 N–H and O–H groups in total. The van der Waals surface area contributed by atoms with Crippen LogP contribution in [0.5, 0.6) is 0 Å². The van der Waals surface area contributed by atoms with E-state index >= 15 is 9.59 Å². The largest absolute Gasteiger partial charge is 0.463 e. The summed E-state index contributed by atoms with van der Waals surface area (Å²) in [5, 5.41) is 20.7. The number of esters is 9. The molecule has 0 spiro atoms. The van der Waals surface area contributed by atoms with Crippen molar-refractivity contribution in [1.82, 2.24) is 37.2 Å². The maximum atomic E-state index is 15.6. The molecule has 3 aliphatic heterocycles. The van der Waals surface area contributed by atoms with Crippen LogP contribution in [0, 0.1) is 0 Å². The molecular weight excluding hydrogens is 1480 g/mol. The van der Waals surface area contributed by atoms with E-state index in [1.165, 1.54) is 0 Å². The van der Waals surface area contributed by atoms with Crippen LogP contribution in [0.4, 0.5) is 4.79 Å². The van der Waals surface area contributed by atoms with Crippen molar-refractivity contribution in [2.45, 2.75) is 205 Å². The Balaban J connectivity index is 1.51. The van der Waals surface area contributed by atoms with Crippen molar-refractivity contribution in [2.75, 3.05) is 59.3 Å². The Morgan fingerprint density at radius 3 is 1.04 bits per heavy atom. The van der Waals surface area contributed by atoms with Gasteiger partial charge in [0.2, 0.25) is 35.4 Å². The molecule has 4 aliphatic rings. The van der Waals surface area contributed by atoms with E-state index in [2.05, 4.69) is 47.2 Å². The summed E-state index contributed by atoms with van der Waals surface area (Å²) in [6.07, 6.45) is -22.3. The van der Waals surface area contributed by atoms with Crippen LogP contribution >= 0.6 is 0 Å². The summed E-state index contributed by atoms with van der Waals surface area (Å²) in [6.45, 7) is 5.52. The van der Waals surface area contributed by atoms with Crippen LogP contribution in [0.25, 0.3) is 21.6 Å². The van der Waals surface area contributed by atoms with Gasteiger partial charge in [0.1, 0.15) is 81.0 Å². The number of azide groups is 1.